The molecular formula is C8H6ClNO. The zero-order valence-corrected chi connectivity index (χ0v) is 6.43. The van der Waals surface area contributed by atoms with Gasteiger partial charge in [-0.3, -0.25) is 4.79 Å². The van der Waals surface area contributed by atoms with Gasteiger partial charge < -0.3 is 5.41 Å². The summed E-state index contributed by atoms with van der Waals surface area (Å²) in [6.07, 6.45) is 0.781. The van der Waals surface area contributed by atoms with Gasteiger partial charge in [-0.05, 0) is 24.3 Å². The molecule has 2 nitrogen and oxygen atoms in total. The molecule has 0 aliphatic rings. The molecule has 0 spiro atoms. The summed E-state index contributed by atoms with van der Waals surface area (Å²) >= 11 is 5.59. The van der Waals surface area contributed by atoms with Gasteiger partial charge in [0.2, 0.25) is 5.78 Å². The van der Waals surface area contributed by atoms with Crippen LogP contribution in [-0.4, -0.2) is 12.0 Å². The lowest BCUT2D eigenvalue weighted by atomic mass is 10.1. The van der Waals surface area contributed by atoms with Crippen LogP contribution in [0.2, 0.25) is 5.02 Å². The number of carbonyl (C=O) groups excluding carboxylic acids is 1. The number of hydrogen-bond donors (Lipinski definition) is 1. The Kier molecular flexibility index (Phi) is 2.39. The maximum Gasteiger partial charge on any atom is 0.203 e. The van der Waals surface area contributed by atoms with E-state index in [1.54, 1.807) is 24.3 Å². The molecule has 0 amide bonds. The van der Waals surface area contributed by atoms with Crippen LogP contribution in [0.25, 0.3) is 0 Å². The van der Waals surface area contributed by atoms with Crippen molar-refractivity contribution in [3.05, 3.63) is 34.9 Å². The van der Waals surface area contributed by atoms with Crippen molar-refractivity contribution >= 4 is 23.6 Å². The van der Waals surface area contributed by atoms with Crippen molar-refractivity contribution in [2.75, 3.05) is 0 Å². The van der Waals surface area contributed by atoms with E-state index in [4.69, 9.17) is 17.0 Å². The van der Waals surface area contributed by atoms with E-state index in [-0.39, 0.29) is 5.78 Å². The zero-order valence-electron chi connectivity index (χ0n) is 5.67. The number of hydrogen-bond acceptors (Lipinski definition) is 2. The first-order valence-electron chi connectivity index (χ1n) is 3.04. The molecule has 1 aromatic carbocycles. The first-order valence-corrected chi connectivity index (χ1v) is 3.42. The molecule has 56 valence electrons. The van der Waals surface area contributed by atoms with Crippen LogP contribution in [0.4, 0.5) is 0 Å². The molecule has 0 aliphatic carbocycles. The van der Waals surface area contributed by atoms with Crippen molar-refractivity contribution in [1.82, 2.24) is 0 Å². The summed E-state index contributed by atoms with van der Waals surface area (Å²) in [5.41, 5.74) is 0.490. The van der Waals surface area contributed by atoms with E-state index in [1.807, 2.05) is 0 Å². The van der Waals surface area contributed by atoms with E-state index in [0.29, 0.717) is 10.6 Å². The molecule has 0 aliphatic heterocycles. The Hall–Kier alpha value is -1.15. The fourth-order valence-electron chi connectivity index (χ4n) is 0.697. The second-order valence-electron chi connectivity index (χ2n) is 2.02. The van der Waals surface area contributed by atoms with Gasteiger partial charge in [-0.25, -0.2) is 0 Å². The number of ketones is 1. The van der Waals surface area contributed by atoms with Gasteiger partial charge in [0, 0.05) is 10.6 Å². The summed E-state index contributed by atoms with van der Waals surface area (Å²) < 4.78 is 0. The third-order valence-corrected chi connectivity index (χ3v) is 1.51. The van der Waals surface area contributed by atoms with Gasteiger partial charge in [0.1, 0.15) is 0 Å². The molecule has 11 heavy (non-hydrogen) atoms. The van der Waals surface area contributed by atoms with Crippen LogP contribution in [0, 0.1) is 5.41 Å². The molecule has 0 heterocycles. The largest absolute Gasteiger partial charge is 0.305 e. The Labute approximate surface area is 69.3 Å². The Morgan fingerprint density at radius 1 is 1.36 bits per heavy atom. The summed E-state index contributed by atoms with van der Waals surface area (Å²) in [5, 5.41) is 7.28. The fourth-order valence-corrected chi connectivity index (χ4v) is 0.823. The fraction of sp³-hybridized carbons (Fsp3) is 0. The van der Waals surface area contributed by atoms with E-state index in [2.05, 4.69) is 0 Å². The van der Waals surface area contributed by atoms with Crippen molar-refractivity contribution in [1.29, 1.82) is 5.41 Å². The van der Waals surface area contributed by atoms with E-state index in [0.717, 1.165) is 6.21 Å². The second kappa shape index (κ2) is 3.30. The summed E-state index contributed by atoms with van der Waals surface area (Å²) in [4.78, 5) is 10.8. The molecule has 0 fully saturated rings. The van der Waals surface area contributed by atoms with E-state index in [1.165, 1.54) is 0 Å². The second-order valence-corrected chi connectivity index (χ2v) is 2.45. The van der Waals surface area contributed by atoms with Crippen LogP contribution in [0.15, 0.2) is 24.3 Å². The number of benzene rings is 1. The van der Waals surface area contributed by atoms with Crippen molar-refractivity contribution in [3.63, 3.8) is 0 Å². The number of carbonyl (C=O) groups is 1. The Balaban J connectivity index is 2.98. The van der Waals surface area contributed by atoms with E-state index >= 15 is 0 Å². The Bertz CT molecular complexity index is 279. The van der Waals surface area contributed by atoms with Crippen LogP contribution < -0.4 is 0 Å². The highest BCUT2D eigenvalue weighted by molar-refractivity contribution is 6.35. The Morgan fingerprint density at radius 3 is 2.36 bits per heavy atom. The summed E-state index contributed by atoms with van der Waals surface area (Å²) in [7, 11) is 0. The highest BCUT2D eigenvalue weighted by atomic mass is 35.5. The minimum absolute atomic E-state index is 0.304. The molecule has 0 atom stereocenters. The molecular weight excluding hydrogens is 162 g/mol. The summed E-state index contributed by atoms with van der Waals surface area (Å²) in [6.45, 7) is 0. The van der Waals surface area contributed by atoms with Crippen LogP contribution in [-0.2, 0) is 0 Å². The number of Topliss-reactive ketones (excluding diaryl/α,β-unsaturated/α-hetero) is 1. The maximum atomic E-state index is 10.8. The Morgan fingerprint density at radius 2 is 1.91 bits per heavy atom. The van der Waals surface area contributed by atoms with Crippen molar-refractivity contribution in [2.45, 2.75) is 0 Å². The topological polar surface area (TPSA) is 40.9 Å². The monoisotopic (exact) mass is 167 g/mol. The first-order chi connectivity index (χ1) is 5.24. The van der Waals surface area contributed by atoms with E-state index in [9.17, 15) is 4.79 Å². The van der Waals surface area contributed by atoms with Crippen LogP contribution >= 0.6 is 11.6 Å². The molecule has 1 rings (SSSR count). The van der Waals surface area contributed by atoms with Gasteiger partial charge >= 0.3 is 0 Å². The molecule has 3 heteroatoms. The lowest BCUT2D eigenvalue weighted by molar-refractivity contribution is 0.107. The molecule has 0 saturated carbocycles. The number of nitrogens with one attached hydrogen (secondary N) is 1. The van der Waals surface area contributed by atoms with Gasteiger partial charge in [0.15, 0.2) is 0 Å². The molecule has 1 aromatic rings. The lowest BCUT2D eigenvalue weighted by Crippen LogP contribution is -1.97. The van der Waals surface area contributed by atoms with Gasteiger partial charge in [0.05, 0.1) is 6.21 Å². The SMILES string of the molecule is N=CC(=O)c1ccc(Cl)cc1. The molecule has 0 aromatic heterocycles. The van der Waals surface area contributed by atoms with Gasteiger partial charge in [-0.15, -0.1) is 0 Å². The summed E-state index contributed by atoms with van der Waals surface area (Å²) in [6, 6.07) is 6.43. The van der Waals surface area contributed by atoms with Gasteiger partial charge in [-0.2, -0.15) is 0 Å². The average molecular weight is 168 g/mol. The quantitative estimate of drug-likeness (QED) is 0.532. The van der Waals surface area contributed by atoms with Crippen molar-refractivity contribution in [3.8, 4) is 0 Å². The van der Waals surface area contributed by atoms with Crippen molar-refractivity contribution in [2.24, 2.45) is 0 Å². The van der Waals surface area contributed by atoms with Crippen LogP contribution in [0.5, 0.6) is 0 Å². The molecule has 0 radical (unpaired) electrons. The standard InChI is InChI=1S/C8H6ClNO/c9-7-3-1-6(2-4-7)8(11)5-10/h1-5,10H. The maximum absolute atomic E-state index is 10.8. The molecule has 1 N–H and O–H groups in total. The normalized spacial score (nSPS) is 9.18. The smallest absolute Gasteiger partial charge is 0.203 e. The number of halogens is 1. The summed E-state index contributed by atoms with van der Waals surface area (Å²) in [5.74, 6) is -0.304. The minimum atomic E-state index is -0.304. The van der Waals surface area contributed by atoms with Crippen LogP contribution in [0.3, 0.4) is 0 Å². The molecule has 0 bridgehead atoms. The first kappa shape index (κ1) is 7.95. The highest BCUT2D eigenvalue weighted by Crippen LogP contribution is 2.09. The lowest BCUT2D eigenvalue weighted by Gasteiger charge is -1.93. The predicted molar refractivity (Wildman–Crippen MR) is 44.6 cm³/mol. The number of rotatable bonds is 2. The molecule has 0 saturated heterocycles. The van der Waals surface area contributed by atoms with E-state index < -0.39 is 0 Å². The average Bonchev–Trinajstić information content (AvgIpc) is 2.05. The third kappa shape index (κ3) is 1.88. The minimum Gasteiger partial charge on any atom is -0.305 e. The van der Waals surface area contributed by atoms with Crippen LogP contribution in [0.1, 0.15) is 10.4 Å². The van der Waals surface area contributed by atoms with Gasteiger partial charge in [0.25, 0.3) is 0 Å². The van der Waals surface area contributed by atoms with Gasteiger partial charge in [-0.1, -0.05) is 11.6 Å². The predicted octanol–water partition coefficient (Wildman–Crippen LogP) is 2.17. The highest BCUT2D eigenvalue weighted by Gasteiger charge is 1.99. The third-order valence-electron chi connectivity index (χ3n) is 1.26. The van der Waals surface area contributed by atoms with Crippen molar-refractivity contribution < 1.29 is 4.79 Å². The molecule has 0 unspecified atom stereocenters. The zero-order chi connectivity index (χ0) is 8.27.